The first-order valence-corrected chi connectivity index (χ1v) is 5.88. The first-order valence-electron chi connectivity index (χ1n) is 5.09. The Hall–Kier alpha value is -0.870. The quantitative estimate of drug-likeness (QED) is 0.806. The van der Waals surface area contributed by atoms with Crippen LogP contribution in [0, 0.1) is 0 Å². The Bertz CT molecular complexity index is 363. The molecule has 0 radical (unpaired) electrons. The summed E-state index contributed by atoms with van der Waals surface area (Å²) in [5.74, 6) is 0.847. The summed E-state index contributed by atoms with van der Waals surface area (Å²) in [6, 6.07) is 5.61. The van der Waals surface area contributed by atoms with Gasteiger partial charge in [0.05, 0.1) is 11.6 Å². The minimum atomic E-state index is 0.0823. The van der Waals surface area contributed by atoms with Gasteiger partial charge in [0.1, 0.15) is 12.4 Å². The maximum Gasteiger partial charge on any atom is 0.162 e. The first kappa shape index (κ1) is 13.2. The van der Waals surface area contributed by atoms with Crippen molar-refractivity contribution in [3.63, 3.8) is 0 Å². The van der Waals surface area contributed by atoms with Crippen LogP contribution in [0.15, 0.2) is 22.7 Å². The normalized spacial score (nSPS) is 10.2. The van der Waals surface area contributed by atoms with Crippen LogP contribution in [0.2, 0.25) is 0 Å². The highest BCUT2D eigenvalue weighted by Gasteiger charge is 2.06. The van der Waals surface area contributed by atoms with Crippen molar-refractivity contribution >= 4 is 21.7 Å². The second-order valence-electron chi connectivity index (χ2n) is 3.32. The molecule has 0 saturated heterocycles. The molecule has 4 heteroatoms. The molecule has 0 amide bonds. The van der Waals surface area contributed by atoms with Crippen molar-refractivity contribution in [2.45, 2.75) is 13.3 Å². The summed E-state index contributed by atoms with van der Waals surface area (Å²) in [4.78, 5) is 11.5. The summed E-state index contributed by atoms with van der Waals surface area (Å²) in [6.45, 7) is 2.62. The number of carbonyl (C=O) groups is 1. The molecule has 0 aliphatic rings. The van der Waals surface area contributed by atoms with Gasteiger partial charge in [0.2, 0.25) is 0 Å². The van der Waals surface area contributed by atoms with E-state index in [1.807, 2.05) is 25.1 Å². The molecule has 0 aliphatic heterocycles. The van der Waals surface area contributed by atoms with E-state index < -0.39 is 0 Å². The molecule has 0 aromatic heterocycles. The molecule has 16 heavy (non-hydrogen) atoms. The number of Topliss-reactive ketones (excluding diaryl/α,β-unsaturated/α-hetero) is 1. The lowest BCUT2D eigenvalue weighted by atomic mass is 10.1. The molecule has 0 N–H and O–H groups in total. The Morgan fingerprint density at radius 3 is 2.75 bits per heavy atom. The van der Waals surface area contributed by atoms with Crippen LogP contribution < -0.4 is 4.74 Å². The van der Waals surface area contributed by atoms with Crippen molar-refractivity contribution in [1.82, 2.24) is 0 Å². The molecule has 1 rings (SSSR count). The average Bonchev–Trinajstić information content (AvgIpc) is 2.26. The van der Waals surface area contributed by atoms with Gasteiger partial charge in [-0.25, -0.2) is 0 Å². The van der Waals surface area contributed by atoms with Crippen LogP contribution in [-0.4, -0.2) is 26.1 Å². The molecule has 0 bridgehead atoms. The van der Waals surface area contributed by atoms with Crippen LogP contribution >= 0.6 is 15.9 Å². The topological polar surface area (TPSA) is 35.5 Å². The third-order valence-electron chi connectivity index (χ3n) is 2.08. The fourth-order valence-electron chi connectivity index (χ4n) is 1.31. The highest BCUT2D eigenvalue weighted by molar-refractivity contribution is 9.10. The smallest absolute Gasteiger partial charge is 0.162 e. The monoisotopic (exact) mass is 286 g/mol. The van der Waals surface area contributed by atoms with Crippen LogP contribution in [0.25, 0.3) is 0 Å². The Labute approximate surface area is 104 Å². The number of ether oxygens (including phenoxy) is 2. The zero-order valence-electron chi connectivity index (χ0n) is 9.46. The van der Waals surface area contributed by atoms with Crippen molar-refractivity contribution in [2.24, 2.45) is 0 Å². The maximum absolute atomic E-state index is 11.5. The molecule has 3 nitrogen and oxygen atoms in total. The maximum atomic E-state index is 11.5. The fraction of sp³-hybridized carbons (Fsp3) is 0.417. The molecule has 0 heterocycles. The molecule has 0 saturated carbocycles. The van der Waals surface area contributed by atoms with Crippen molar-refractivity contribution < 1.29 is 14.3 Å². The van der Waals surface area contributed by atoms with E-state index in [0.717, 1.165) is 15.8 Å². The van der Waals surface area contributed by atoms with Gasteiger partial charge in [-0.2, -0.15) is 0 Å². The number of ketones is 1. The fourth-order valence-corrected chi connectivity index (χ4v) is 1.90. The number of carbonyl (C=O) groups excluding carboxylic acids is 1. The van der Waals surface area contributed by atoms with Crippen molar-refractivity contribution in [3.05, 3.63) is 28.2 Å². The van der Waals surface area contributed by atoms with Crippen molar-refractivity contribution in [1.29, 1.82) is 0 Å². The van der Waals surface area contributed by atoms with E-state index in [4.69, 9.17) is 9.47 Å². The molecule has 0 atom stereocenters. The summed E-state index contributed by atoms with van der Waals surface area (Å²) in [5.41, 5.74) is 0.956. The van der Waals surface area contributed by atoms with Gasteiger partial charge in [-0.1, -0.05) is 6.07 Å². The van der Waals surface area contributed by atoms with Gasteiger partial charge in [-0.15, -0.1) is 0 Å². The third kappa shape index (κ3) is 3.94. The first-order chi connectivity index (χ1) is 7.67. The van der Waals surface area contributed by atoms with Gasteiger partial charge in [0, 0.05) is 13.0 Å². The Morgan fingerprint density at radius 2 is 2.19 bits per heavy atom. The molecule has 88 valence electrons. The minimum Gasteiger partial charge on any atom is -0.496 e. The van der Waals surface area contributed by atoms with E-state index in [9.17, 15) is 4.79 Å². The van der Waals surface area contributed by atoms with Crippen molar-refractivity contribution in [2.75, 3.05) is 20.3 Å². The number of benzene rings is 1. The van der Waals surface area contributed by atoms with Gasteiger partial charge in [-0.05, 0) is 40.5 Å². The Balaban J connectivity index is 2.61. The van der Waals surface area contributed by atoms with E-state index in [0.29, 0.717) is 13.0 Å². The summed E-state index contributed by atoms with van der Waals surface area (Å²) < 4.78 is 11.0. The largest absolute Gasteiger partial charge is 0.496 e. The second-order valence-corrected chi connectivity index (χ2v) is 4.18. The van der Waals surface area contributed by atoms with Gasteiger partial charge in [-0.3, -0.25) is 4.79 Å². The number of halogens is 1. The third-order valence-corrected chi connectivity index (χ3v) is 2.70. The lowest BCUT2D eigenvalue weighted by molar-refractivity contribution is -0.122. The van der Waals surface area contributed by atoms with Gasteiger partial charge in [0.25, 0.3) is 0 Å². The zero-order chi connectivity index (χ0) is 12.0. The SMILES string of the molecule is CCOCC(=O)Cc1ccc(OC)c(Br)c1. The van der Waals surface area contributed by atoms with Crippen LogP contribution in [0.1, 0.15) is 12.5 Å². The lowest BCUT2D eigenvalue weighted by Crippen LogP contribution is -2.11. The van der Waals surface area contributed by atoms with Crippen LogP contribution in [0.5, 0.6) is 5.75 Å². The molecule has 0 unspecified atom stereocenters. The molecular formula is C12H15BrO3. The summed E-state index contributed by atoms with van der Waals surface area (Å²) in [7, 11) is 1.61. The predicted octanol–water partition coefficient (Wildman–Crippen LogP) is 2.61. The summed E-state index contributed by atoms with van der Waals surface area (Å²) >= 11 is 3.38. The van der Waals surface area contributed by atoms with Gasteiger partial charge >= 0.3 is 0 Å². The number of hydrogen-bond donors (Lipinski definition) is 0. The lowest BCUT2D eigenvalue weighted by Gasteiger charge is -2.06. The van der Waals surface area contributed by atoms with Crippen LogP contribution in [0.3, 0.4) is 0 Å². The minimum absolute atomic E-state index is 0.0823. The highest BCUT2D eigenvalue weighted by Crippen LogP contribution is 2.25. The predicted molar refractivity (Wildman–Crippen MR) is 65.9 cm³/mol. The van der Waals surface area contributed by atoms with Gasteiger partial charge in [0.15, 0.2) is 5.78 Å². The second kappa shape index (κ2) is 6.66. The molecule has 1 aromatic carbocycles. The number of methoxy groups -OCH3 is 1. The molecule has 0 fully saturated rings. The molecule has 1 aromatic rings. The van der Waals surface area contributed by atoms with E-state index in [1.54, 1.807) is 7.11 Å². The van der Waals surface area contributed by atoms with Crippen molar-refractivity contribution in [3.8, 4) is 5.75 Å². The average molecular weight is 287 g/mol. The summed E-state index contributed by atoms with van der Waals surface area (Å²) in [6.07, 6.45) is 0.391. The van der Waals surface area contributed by atoms with E-state index in [-0.39, 0.29) is 12.4 Å². The van der Waals surface area contributed by atoms with Crippen LogP contribution in [-0.2, 0) is 16.0 Å². The Morgan fingerprint density at radius 1 is 1.44 bits per heavy atom. The number of hydrogen-bond acceptors (Lipinski definition) is 3. The standard InChI is InChI=1S/C12H15BrO3/c1-3-16-8-10(14)6-9-4-5-12(15-2)11(13)7-9/h4-5,7H,3,6,8H2,1-2H3. The van der Waals surface area contributed by atoms with E-state index >= 15 is 0 Å². The van der Waals surface area contributed by atoms with E-state index in [1.165, 1.54) is 0 Å². The highest BCUT2D eigenvalue weighted by atomic mass is 79.9. The molecule has 0 aliphatic carbocycles. The van der Waals surface area contributed by atoms with Crippen LogP contribution in [0.4, 0.5) is 0 Å². The van der Waals surface area contributed by atoms with E-state index in [2.05, 4.69) is 15.9 Å². The molecule has 0 spiro atoms. The zero-order valence-corrected chi connectivity index (χ0v) is 11.0. The summed E-state index contributed by atoms with van der Waals surface area (Å²) in [5, 5.41) is 0. The Kier molecular flexibility index (Phi) is 5.49. The van der Waals surface area contributed by atoms with Gasteiger partial charge < -0.3 is 9.47 Å². The number of rotatable bonds is 6. The molecular weight excluding hydrogens is 272 g/mol.